The van der Waals surface area contributed by atoms with E-state index in [1.54, 1.807) is 49.6 Å². The minimum absolute atomic E-state index is 0.244. The lowest BCUT2D eigenvalue weighted by molar-refractivity contribution is -0.111. The van der Waals surface area contributed by atoms with E-state index in [2.05, 4.69) is 5.32 Å². The highest BCUT2D eigenvalue weighted by Crippen LogP contribution is 2.22. The molecule has 0 unspecified atom stereocenters. The first-order valence-electron chi connectivity index (χ1n) is 6.26. The third kappa shape index (κ3) is 4.26. The van der Waals surface area contributed by atoms with E-state index in [1.807, 2.05) is 6.07 Å². The predicted octanol–water partition coefficient (Wildman–Crippen LogP) is 3.58. The first-order chi connectivity index (χ1) is 10.1. The average Bonchev–Trinajstić information content (AvgIpc) is 2.45. The van der Waals surface area contributed by atoms with Crippen molar-refractivity contribution in [3.05, 3.63) is 59.1 Å². The van der Waals surface area contributed by atoms with E-state index in [0.717, 1.165) is 5.56 Å². The van der Waals surface area contributed by atoms with Crippen molar-refractivity contribution in [3.8, 4) is 5.75 Å². The molecule has 0 spiro atoms. The van der Waals surface area contributed by atoms with Crippen LogP contribution in [0.3, 0.4) is 0 Å². The zero-order chi connectivity index (χ0) is 15.2. The maximum Gasteiger partial charge on any atom is 0.248 e. The molecule has 0 atom stereocenters. The Morgan fingerprint density at radius 2 is 2.10 bits per heavy atom. The maximum absolute atomic E-state index is 11.8. The summed E-state index contributed by atoms with van der Waals surface area (Å²) >= 11 is 5.85. The lowest BCUT2D eigenvalue weighted by Gasteiger charge is -2.05. The molecule has 0 aliphatic carbocycles. The van der Waals surface area contributed by atoms with Crippen LogP contribution in [0.25, 0.3) is 6.08 Å². The van der Waals surface area contributed by atoms with Gasteiger partial charge in [-0.15, -0.1) is 0 Å². The van der Waals surface area contributed by atoms with Crippen molar-refractivity contribution < 1.29 is 9.53 Å². The monoisotopic (exact) mass is 302 g/mol. The number of amides is 1. The summed E-state index contributed by atoms with van der Waals surface area (Å²) in [5, 5.41) is 3.29. The quantitative estimate of drug-likeness (QED) is 0.670. The number of nitrogen functional groups attached to an aromatic ring is 1. The van der Waals surface area contributed by atoms with Gasteiger partial charge in [0.1, 0.15) is 5.75 Å². The number of carbonyl (C=O) groups excluding carboxylic acids is 1. The van der Waals surface area contributed by atoms with Gasteiger partial charge in [-0.3, -0.25) is 4.79 Å². The van der Waals surface area contributed by atoms with Gasteiger partial charge < -0.3 is 15.8 Å². The number of benzene rings is 2. The number of anilines is 2. The van der Waals surface area contributed by atoms with Crippen molar-refractivity contribution in [2.45, 2.75) is 0 Å². The van der Waals surface area contributed by atoms with Crippen LogP contribution in [0.15, 0.2) is 48.5 Å². The van der Waals surface area contributed by atoms with Crippen molar-refractivity contribution in [1.29, 1.82) is 0 Å². The summed E-state index contributed by atoms with van der Waals surface area (Å²) in [4.78, 5) is 11.8. The number of halogens is 1. The molecule has 0 bridgehead atoms. The molecule has 21 heavy (non-hydrogen) atoms. The summed E-state index contributed by atoms with van der Waals surface area (Å²) in [6.07, 6.45) is 3.11. The number of ether oxygens (including phenoxy) is 1. The summed E-state index contributed by atoms with van der Waals surface area (Å²) in [5.74, 6) is 0.363. The van der Waals surface area contributed by atoms with E-state index in [0.29, 0.717) is 22.1 Å². The van der Waals surface area contributed by atoms with Gasteiger partial charge in [-0.05, 0) is 42.0 Å². The first kappa shape index (κ1) is 14.9. The Balaban J connectivity index is 2.03. The Morgan fingerprint density at radius 3 is 2.76 bits per heavy atom. The fourth-order valence-corrected chi connectivity index (χ4v) is 1.97. The zero-order valence-corrected chi connectivity index (χ0v) is 12.2. The van der Waals surface area contributed by atoms with Gasteiger partial charge in [0.15, 0.2) is 0 Å². The molecule has 0 fully saturated rings. The smallest absolute Gasteiger partial charge is 0.248 e. The standard InChI is InChI=1S/C16H15ClN2O2/c1-21-15-7-5-11(9-14(15)18)6-8-16(20)19-13-4-2-3-12(17)10-13/h2-10H,18H2,1H3,(H,19,20)/b8-6+. The molecule has 1 amide bonds. The highest BCUT2D eigenvalue weighted by molar-refractivity contribution is 6.30. The molecular weight excluding hydrogens is 288 g/mol. The lowest BCUT2D eigenvalue weighted by atomic mass is 10.1. The second kappa shape index (κ2) is 6.81. The van der Waals surface area contributed by atoms with Gasteiger partial charge in [0, 0.05) is 16.8 Å². The number of hydrogen-bond donors (Lipinski definition) is 2. The summed E-state index contributed by atoms with van der Waals surface area (Å²) < 4.78 is 5.07. The highest BCUT2D eigenvalue weighted by Gasteiger charge is 2.00. The van der Waals surface area contributed by atoms with E-state index < -0.39 is 0 Å². The number of rotatable bonds is 4. The third-order valence-electron chi connectivity index (χ3n) is 2.77. The van der Waals surface area contributed by atoms with Crippen LogP contribution in [0.1, 0.15) is 5.56 Å². The Hall–Kier alpha value is -2.46. The Kier molecular flexibility index (Phi) is 4.85. The summed E-state index contributed by atoms with van der Waals surface area (Å²) in [5.41, 5.74) is 7.79. The molecular formula is C16H15ClN2O2. The second-order valence-corrected chi connectivity index (χ2v) is 4.77. The van der Waals surface area contributed by atoms with Crippen LogP contribution in [0.5, 0.6) is 5.75 Å². The van der Waals surface area contributed by atoms with Crippen molar-refractivity contribution >= 4 is 35.0 Å². The molecule has 3 N–H and O–H groups in total. The number of hydrogen-bond acceptors (Lipinski definition) is 3. The molecule has 2 rings (SSSR count). The third-order valence-corrected chi connectivity index (χ3v) is 3.01. The molecule has 5 heteroatoms. The molecule has 0 saturated carbocycles. The topological polar surface area (TPSA) is 64.3 Å². The number of nitrogens with two attached hydrogens (primary N) is 1. The molecule has 0 aromatic heterocycles. The second-order valence-electron chi connectivity index (χ2n) is 4.33. The normalized spacial score (nSPS) is 10.6. The Morgan fingerprint density at radius 1 is 1.29 bits per heavy atom. The minimum Gasteiger partial charge on any atom is -0.495 e. The molecule has 4 nitrogen and oxygen atoms in total. The fourth-order valence-electron chi connectivity index (χ4n) is 1.78. The summed E-state index contributed by atoms with van der Waals surface area (Å²) in [6, 6.07) is 12.3. The van der Waals surface area contributed by atoms with Gasteiger partial charge >= 0.3 is 0 Å². The van der Waals surface area contributed by atoms with Gasteiger partial charge in [-0.25, -0.2) is 0 Å². The summed E-state index contributed by atoms with van der Waals surface area (Å²) in [7, 11) is 1.56. The molecule has 0 saturated heterocycles. The van der Waals surface area contributed by atoms with Crippen molar-refractivity contribution in [2.75, 3.05) is 18.2 Å². The minimum atomic E-state index is -0.244. The van der Waals surface area contributed by atoms with E-state index in [-0.39, 0.29) is 5.91 Å². The van der Waals surface area contributed by atoms with E-state index in [1.165, 1.54) is 6.08 Å². The van der Waals surface area contributed by atoms with Crippen LogP contribution in [0, 0.1) is 0 Å². The van der Waals surface area contributed by atoms with Crippen molar-refractivity contribution in [1.82, 2.24) is 0 Å². The average molecular weight is 303 g/mol. The molecule has 108 valence electrons. The first-order valence-corrected chi connectivity index (χ1v) is 6.64. The molecule has 2 aromatic carbocycles. The molecule has 0 radical (unpaired) electrons. The Labute approximate surface area is 128 Å². The van der Waals surface area contributed by atoms with Gasteiger partial charge in [0.25, 0.3) is 0 Å². The fraction of sp³-hybridized carbons (Fsp3) is 0.0625. The van der Waals surface area contributed by atoms with Crippen LogP contribution >= 0.6 is 11.6 Å². The number of carbonyl (C=O) groups is 1. The van der Waals surface area contributed by atoms with Crippen LogP contribution in [-0.2, 0) is 4.79 Å². The van der Waals surface area contributed by atoms with Gasteiger partial charge in [-0.2, -0.15) is 0 Å². The highest BCUT2D eigenvalue weighted by atomic mass is 35.5. The van der Waals surface area contributed by atoms with Gasteiger partial charge in [0.05, 0.1) is 12.8 Å². The molecule has 0 aliphatic rings. The molecule has 0 aliphatic heterocycles. The van der Waals surface area contributed by atoms with E-state index in [9.17, 15) is 4.79 Å². The maximum atomic E-state index is 11.8. The largest absolute Gasteiger partial charge is 0.495 e. The molecule has 2 aromatic rings. The lowest BCUT2D eigenvalue weighted by Crippen LogP contribution is -2.07. The predicted molar refractivity (Wildman–Crippen MR) is 86.5 cm³/mol. The van der Waals surface area contributed by atoms with Gasteiger partial charge in [0.2, 0.25) is 5.91 Å². The van der Waals surface area contributed by atoms with Crippen LogP contribution in [0.4, 0.5) is 11.4 Å². The number of methoxy groups -OCH3 is 1. The SMILES string of the molecule is COc1ccc(/C=C/C(=O)Nc2cccc(Cl)c2)cc1N. The molecule has 0 heterocycles. The van der Waals surface area contributed by atoms with Crippen molar-refractivity contribution in [2.24, 2.45) is 0 Å². The van der Waals surface area contributed by atoms with E-state index >= 15 is 0 Å². The van der Waals surface area contributed by atoms with Gasteiger partial charge in [-0.1, -0.05) is 23.7 Å². The van der Waals surface area contributed by atoms with Crippen LogP contribution < -0.4 is 15.8 Å². The van der Waals surface area contributed by atoms with Crippen LogP contribution in [0.2, 0.25) is 5.02 Å². The van der Waals surface area contributed by atoms with Crippen molar-refractivity contribution in [3.63, 3.8) is 0 Å². The zero-order valence-electron chi connectivity index (χ0n) is 11.5. The number of nitrogens with one attached hydrogen (secondary N) is 1. The summed E-state index contributed by atoms with van der Waals surface area (Å²) in [6.45, 7) is 0. The Bertz CT molecular complexity index is 684. The van der Waals surface area contributed by atoms with Crippen LogP contribution in [-0.4, -0.2) is 13.0 Å². The van der Waals surface area contributed by atoms with E-state index in [4.69, 9.17) is 22.1 Å².